The Morgan fingerprint density at radius 3 is 2.51 bits per heavy atom. The Hall–Kier alpha value is -3.16. The Morgan fingerprint density at radius 1 is 1.03 bits per heavy atom. The molecule has 2 heterocycles. The van der Waals surface area contributed by atoms with Crippen LogP contribution in [0.3, 0.4) is 0 Å². The van der Waals surface area contributed by atoms with E-state index in [1.807, 2.05) is 12.1 Å². The van der Waals surface area contributed by atoms with Gasteiger partial charge in [0.2, 0.25) is 11.8 Å². The van der Waals surface area contributed by atoms with Crippen LogP contribution >= 0.6 is 0 Å². The van der Waals surface area contributed by atoms with Crippen LogP contribution in [-0.2, 0) is 4.79 Å². The van der Waals surface area contributed by atoms with Crippen LogP contribution in [0, 0.1) is 5.92 Å². The SMILES string of the molecule is Nc1ncnc2c1C(=O)N(c1ccc([C@H]3CC[C@H](CC(=O)NC4CCCCC4)CC3)cc1)CCO2. The molecule has 35 heavy (non-hydrogen) atoms. The van der Waals surface area contributed by atoms with Gasteiger partial charge >= 0.3 is 0 Å². The molecule has 0 unspecified atom stereocenters. The number of nitrogen functional groups attached to an aromatic ring is 1. The van der Waals surface area contributed by atoms with E-state index in [2.05, 4.69) is 27.4 Å². The number of hydrogen-bond acceptors (Lipinski definition) is 6. The van der Waals surface area contributed by atoms with Crippen molar-refractivity contribution in [1.82, 2.24) is 15.3 Å². The van der Waals surface area contributed by atoms with Crippen LogP contribution in [-0.4, -0.2) is 41.0 Å². The van der Waals surface area contributed by atoms with E-state index in [0.29, 0.717) is 37.5 Å². The second-order valence-corrected chi connectivity index (χ2v) is 10.2. The highest BCUT2D eigenvalue weighted by Gasteiger charge is 2.29. The molecule has 8 nitrogen and oxygen atoms in total. The van der Waals surface area contributed by atoms with Gasteiger partial charge in [-0.2, -0.15) is 0 Å². The van der Waals surface area contributed by atoms with Gasteiger partial charge in [-0.05, 0) is 68.1 Å². The molecule has 5 rings (SSSR count). The van der Waals surface area contributed by atoms with E-state index in [1.54, 1.807) is 4.90 Å². The molecule has 3 aliphatic rings. The lowest BCUT2D eigenvalue weighted by Gasteiger charge is -2.30. The fraction of sp³-hybridized carbons (Fsp3) is 0.556. The smallest absolute Gasteiger partial charge is 0.267 e. The number of fused-ring (bicyclic) bond motifs is 1. The Labute approximate surface area is 206 Å². The number of nitrogens with zero attached hydrogens (tertiary/aromatic N) is 3. The first kappa shape index (κ1) is 23.6. The van der Waals surface area contributed by atoms with Crippen molar-refractivity contribution in [2.75, 3.05) is 23.8 Å². The van der Waals surface area contributed by atoms with Crippen molar-refractivity contribution in [3.05, 3.63) is 41.7 Å². The zero-order chi connectivity index (χ0) is 24.2. The molecular formula is C27H35N5O3. The quantitative estimate of drug-likeness (QED) is 0.667. The number of carbonyl (C=O) groups excluding carboxylic acids is 2. The highest BCUT2D eigenvalue weighted by atomic mass is 16.5. The van der Waals surface area contributed by atoms with Gasteiger partial charge in [-0.25, -0.2) is 9.97 Å². The molecule has 0 radical (unpaired) electrons. The van der Waals surface area contributed by atoms with Crippen LogP contribution in [0.2, 0.25) is 0 Å². The van der Waals surface area contributed by atoms with Crippen LogP contribution in [0.15, 0.2) is 30.6 Å². The molecule has 1 aromatic carbocycles. The fourth-order valence-electron chi connectivity index (χ4n) is 5.83. The van der Waals surface area contributed by atoms with E-state index >= 15 is 0 Å². The summed E-state index contributed by atoms with van der Waals surface area (Å²) in [6.45, 7) is 0.761. The summed E-state index contributed by atoms with van der Waals surface area (Å²) in [6, 6.07) is 8.65. The minimum absolute atomic E-state index is 0.132. The number of rotatable bonds is 5. The lowest BCUT2D eigenvalue weighted by atomic mass is 9.77. The molecule has 3 N–H and O–H groups in total. The average Bonchev–Trinajstić information content (AvgIpc) is 3.04. The summed E-state index contributed by atoms with van der Waals surface area (Å²) in [6.07, 6.45) is 12.4. The van der Waals surface area contributed by atoms with Gasteiger partial charge in [-0.1, -0.05) is 31.4 Å². The summed E-state index contributed by atoms with van der Waals surface area (Å²) in [5.41, 5.74) is 8.27. The minimum Gasteiger partial charge on any atom is -0.475 e. The van der Waals surface area contributed by atoms with Crippen molar-refractivity contribution in [2.45, 2.75) is 76.2 Å². The zero-order valence-electron chi connectivity index (χ0n) is 20.2. The maximum absolute atomic E-state index is 13.1. The molecule has 8 heteroatoms. The lowest BCUT2D eigenvalue weighted by molar-refractivity contribution is -0.123. The Kier molecular flexibility index (Phi) is 7.16. The van der Waals surface area contributed by atoms with Crippen LogP contribution in [0.1, 0.15) is 86.0 Å². The van der Waals surface area contributed by atoms with Crippen molar-refractivity contribution in [3.8, 4) is 5.88 Å². The maximum atomic E-state index is 13.1. The van der Waals surface area contributed by atoms with Gasteiger partial charge in [-0.3, -0.25) is 9.59 Å². The summed E-state index contributed by atoms with van der Waals surface area (Å²) in [4.78, 5) is 35.3. The third kappa shape index (κ3) is 5.41. The van der Waals surface area contributed by atoms with Crippen LogP contribution in [0.4, 0.5) is 11.5 Å². The first-order valence-electron chi connectivity index (χ1n) is 13.0. The largest absolute Gasteiger partial charge is 0.475 e. The standard InChI is InChI=1S/C27H35N5O3/c28-25-24-26(30-17-29-25)35-15-14-32(27(24)34)22-12-10-20(11-13-22)19-8-6-18(7-9-19)16-23(33)31-21-4-2-1-3-5-21/h10-13,17-19,21H,1-9,14-16H2,(H,31,33)(H2,28,29,30)/t18-,19-. The van der Waals surface area contributed by atoms with Gasteiger partial charge < -0.3 is 20.7 Å². The number of ether oxygens (including phenoxy) is 1. The number of anilines is 2. The summed E-state index contributed by atoms with van der Waals surface area (Å²) in [7, 11) is 0. The average molecular weight is 478 g/mol. The van der Waals surface area contributed by atoms with E-state index in [1.165, 1.54) is 31.2 Å². The first-order valence-corrected chi connectivity index (χ1v) is 13.0. The minimum atomic E-state index is -0.240. The summed E-state index contributed by atoms with van der Waals surface area (Å²) >= 11 is 0. The molecule has 2 amide bonds. The van der Waals surface area contributed by atoms with E-state index in [4.69, 9.17) is 10.5 Å². The summed E-state index contributed by atoms with van der Waals surface area (Å²) in [5.74, 6) is 1.35. The second kappa shape index (κ2) is 10.6. The predicted octanol–water partition coefficient (Wildman–Crippen LogP) is 4.21. The molecule has 0 bridgehead atoms. The van der Waals surface area contributed by atoms with Crippen molar-refractivity contribution in [3.63, 3.8) is 0 Å². The van der Waals surface area contributed by atoms with Crippen LogP contribution < -0.4 is 20.7 Å². The number of hydrogen-bond donors (Lipinski definition) is 2. The van der Waals surface area contributed by atoms with Crippen LogP contribution in [0.5, 0.6) is 5.88 Å². The number of nitrogens with one attached hydrogen (secondary N) is 1. The molecule has 2 fully saturated rings. The zero-order valence-corrected chi connectivity index (χ0v) is 20.2. The van der Waals surface area contributed by atoms with Crippen molar-refractivity contribution in [1.29, 1.82) is 0 Å². The third-order valence-electron chi connectivity index (χ3n) is 7.82. The predicted molar refractivity (Wildman–Crippen MR) is 134 cm³/mol. The number of benzene rings is 1. The van der Waals surface area contributed by atoms with Gasteiger partial charge in [0.15, 0.2) is 0 Å². The van der Waals surface area contributed by atoms with Crippen LogP contribution in [0.25, 0.3) is 0 Å². The molecule has 1 aromatic heterocycles. The van der Waals surface area contributed by atoms with Gasteiger partial charge in [0.25, 0.3) is 5.91 Å². The highest BCUT2D eigenvalue weighted by molar-refractivity contribution is 6.10. The Bertz CT molecular complexity index is 1040. The first-order chi connectivity index (χ1) is 17.1. The molecule has 0 saturated heterocycles. The second-order valence-electron chi connectivity index (χ2n) is 10.2. The van der Waals surface area contributed by atoms with Crippen molar-refractivity contribution < 1.29 is 14.3 Å². The molecule has 186 valence electrons. The van der Waals surface area contributed by atoms with Crippen molar-refractivity contribution in [2.24, 2.45) is 5.92 Å². The molecule has 0 atom stereocenters. The fourth-order valence-corrected chi connectivity index (χ4v) is 5.83. The molecule has 2 saturated carbocycles. The van der Waals surface area contributed by atoms with E-state index in [0.717, 1.165) is 44.2 Å². The number of carbonyl (C=O) groups is 2. The van der Waals surface area contributed by atoms with Gasteiger partial charge in [-0.15, -0.1) is 0 Å². The van der Waals surface area contributed by atoms with Gasteiger partial charge in [0.1, 0.15) is 24.3 Å². The number of aromatic nitrogens is 2. The molecular weight excluding hydrogens is 442 g/mol. The van der Waals surface area contributed by atoms with E-state index < -0.39 is 0 Å². The summed E-state index contributed by atoms with van der Waals surface area (Å²) < 4.78 is 5.63. The molecule has 0 spiro atoms. The third-order valence-corrected chi connectivity index (χ3v) is 7.82. The van der Waals surface area contributed by atoms with E-state index in [-0.39, 0.29) is 29.1 Å². The molecule has 2 aliphatic carbocycles. The Balaban J connectivity index is 1.16. The highest BCUT2D eigenvalue weighted by Crippen LogP contribution is 2.38. The maximum Gasteiger partial charge on any atom is 0.267 e. The molecule has 2 aromatic rings. The number of nitrogens with two attached hydrogens (primary N) is 1. The lowest BCUT2D eigenvalue weighted by Crippen LogP contribution is -2.37. The van der Waals surface area contributed by atoms with Gasteiger partial charge in [0, 0.05) is 18.2 Å². The van der Waals surface area contributed by atoms with Gasteiger partial charge in [0.05, 0.1) is 6.54 Å². The monoisotopic (exact) mass is 477 g/mol. The summed E-state index contributed by atoms with van der Waals surface area (Å²) in [5, 5.41) is 3.27. The number of amides is 2. The topological polar surface area (TPSA) is 110 Å². The van der Waals surface area contributed by atoms with Crippen molar-refractivity contribution >= 4 is 23.3 Å². The Morgan fingerprint density at radius 2 is 1.77 bits per heavy atom. The normalized spacial score (nSPS) is 23.2. The molecule has 1 aliphatic heterocycles. The van der Waals surface area contributed by atoms with E-state index in [9.17, 15) is 9.59 Å².